The number of aliphatic hydroxyl groups is 1. The summed E-state index contributed by atoms with van der Waals surface area (Å²) < 4.78 is 16.4. The largest absolute Gasteiger partial charge is 0.493 e. The minimum absolute atomic E-state index is 0.218. The highest BCUT2D eigenvalue weighted by Crippen LogP contribution is 2.36. The highest BCUT2D eigenvalue weighted by atomic mass is 16.5. The molecule has 1 aliphatic heterocycles. The van der Waals surface area contributed by atoms with Crippen LogP contribution in [-0.4, -0.2) is 56.6 Å². The molecule has 3 atom stereocenters. The summed E-state index contributed by atoms with van der Waals surface area (Å²) >= 11 is 0. The Hall–Kier alpha value is -1.46. The molecule has 1 aliphatic rings. The van der Waals surface area contributed by atoms with Crippen LogP contribution < -0.4 is 14.2 Å². The zero-order valence-electron chi connectivity index (χ0n) is 14.6. The molecule has 0 bridgehead atoms. The van der Waals surface area contributed by atoms with Crippen molar-refractivity contribution in [2.45, 2.75) is 26.4 Å². The molecule has 5 heteroatoms. The Kier molecular flexibility index (Phi) is 6.54. The standard InChI is InChI=1S/C18H29NO4/c1-13-8-14(2)10-19(9-13)11-15(20)12-23-18-16(21-3)6-5-7-17(18)22-4/h5-7,13-15,20H,8-12H2,1-4H3/t13-,14-,15+/m0/s1. The van der Waals surface area contributed by atoms with E-state index in [1.165, 1.54) is 6.42 Å². The first-order valence-electron chi connectivity index (χ1n) is 8.27. The molecule has 2 rings (SSSR count). The number of β-amino-alcohol motifs (C(OH)–C–C–N with tert-alkyl or cyclic N) is 1. The number of likely N-dealkylation sites (tertiary alicyclic amines) is 1. The zero-order valence-corrected chi connectivity index (χ0v) is 14.6. The molecule has 1 fully saturated rings. The number of hydrogen-bond donors (Lipinski definition) is 1. The lowest BCUT2D eigenvalue weighted by atomic mass is 9.92. The highest BCUT2D eigenvalue weighted by molar-refractivity contribution is 5.51. The van der Waals surface area contributed by atoms with Crippen LogP contribution in [0.1, 0.15) is 20.3 Å². The van der Waals surface area contributed by atoms with E-state index in [1.807, 2.05) is 18.2 Å². The molecular weight excluding hydrogens is 294 g/mol. The van der Waals surface area contributed by atoms with Gasteiger partial charge in [-0.05, 0) is 30.4 Å². The summed E-state index contributed by atoms with van der Waals surface area (Å²) in [6, 6.07) is 5.48. The van der Waals surface area contributed by atoms with Crippen LogP contribution in [0, 0.1) is 11.8 Å². The van der Waals surface area contributed by atoms with Crippen molar-refractivity contribution >= 4 is 0 Å². The lowest BCUT2D eigenvalue weighted by Gasteiger charge is -2.35. The summed E-state index contributed by atoms with van der Waals surface area (Å²) in [4.78, 5) is 2.33. The molecule has 1 N–H and O–H groups in total. The first-order valence-corrected chi connectivity index (χ1v) is 8.27. The van der Waals surface area contributed by atoms with Crippen molar-refractivity contribution in [3.63, 3.8) is 0 Å². The van der Waals surface area contributed by atoms with Gasteiger partial charge in [0.15, 0.2) is 11.5 Å². The average Bonchev–Trinajstić information content (AvgIpc) is 2.51. The molecule has 0 aromatic heterocycles. The Bertz CT molecular complexity index is 462. The number of benzene rings is 1. The molecule has 1 aromatic carbocycles. The van der Waals surface area contributed by atoms with Crippen LogP contribution in [0.3, 0.4) is 0 Å². The van der Waals surface area contributed by atoms with E-state index < -0.39 is 6.10 Å². The maximum Gasteiger partial charge on any atom is 0.203 e. The maximum absolute atomic E-state index is 10.3. The third kappa shape index (κ3) is 5.01. The number of piperidine rings is 1. The van der Waals surface area contributed by atoms with E-state index in [2.05, 4.69) is 18.7 Å². The van der Waals surface area contributed by atoms with Gasteiger partial charge in [-0.25, -0.2) is 0 Å². The predicted molar refractivity (Wildman–Crippen MR) is 90.4 cm³/mol. The van der Waals surface area contributed by atoms with Gasteiger partial charge in [-0.3, -0.25) is 0 Å². The molecule has 0 radical (unpaired) electrons. The molecule has 1 heterocycles. The first-order chi connectivity index (χ1) is 11.0. The molecule has 0 saturated carbocycles. The fourth-order valence-corrected chi connectivity index (χ4v) is 3.43. The number of methoxy groups -OCH3 is 2. The van der Waals surface area contributed by atoms with E-state index in [0.717, 1.165) is 13.1 Å². The van der Waals surface area contributed by atoms with Gasteiger partial charge in [0, 0.05) is 19.6 Å². The molecule has 1 saturated heterocycles. The van der Waals surface area contributed by atoms with E-state index in [4.69, 9.17) is 14.2 Å². The van der Waals surface area contributed by atoms with Crippen molar-refractivity contribution in [1.82, 2.24) is 4.90 Å². The van der Waals surface area contributed by atoms with E-state index in [1.54, 1.807) is 14.2 Å². The van der Waals surface area contributed by atoms with Gasteiger partial charge in [-0.2, -0.15) is 0 Å². The third-order valence-corrected chi connectivity index (χ3v) is 4.22. The van der Waals surface area contributed by atoms with Crippen LogP contribution in [0.4, 0.5) is 0 Å². The normalized spacial score (nSPS) is 23.3. The topological polar surface area (TPSA) is 51.2 Å². The molecule has 0 spiro atoms. The smallest absolute Gasteiger partial charge is 0.203 e. The lowest BCUT2D eigenvalue weighted by molar-refractivity contribution is 0.0416. The second kappa shape index (κ2) is 8.41. The van der Waals surface area contributed by atoms with E-state index in [-0.39, 0.29) is 6.61 Å². The Morgan fingerprint density at radius 2 is 1.70 bits per heavy atom. The fourth-order valence-electron chi connectivity index (χ4n) is 3.43. The summed E-state index contributed by atoms with van der Waals surface area (Å²) in [6.45, 7) is 7.47. The van der Waals surface area contributed by atoms with Crippen LogP contribution in [0.2, 0.25) is 0 Å². The minimum atomic E-state index is -0.540. The second-order valence-electron chi connectivity index (χ2n) is 6.62. The minimum Gasteiger partial charge on any atom is -0.493 e. The number of para-hydroxylation sites is 1. The van der Waals surface area contributed by atoms with Gasteiger partial charge in [0.05, 0.1) is 14.2 Å². The van der Waals surface area contributed by atoms with Gasteiger partial charge in [0.2, 0.25) is 5.75 Å². The van der Waals surface area contributed by atoms with Crippen LogP contribution in [0.15, 0.2) is 18.2 Å². The summed E-state index contributed by atoms with van der Waals surface area (Å²) in [5.41, 5.74) is 0. The van der Waals surface area contributed by atoms with Crippen molar-refractivity contribution in [2.24, 2.45) is 11.8 Å². The SMILES string of the molecule is COc1cccc(OC)c1OC[C@H](O)CN1C[C@@H](C)C[C@H](C)C1. The number of nitrogens with zero attached hydrogens (tertiary/aromatic N) is 1. The molecule has 0 unspecified atom stereocenters. The van der Waals surface area contributed by atoms with Crippen molar-refractivity contribution < 1.29 is 19.3 Å². The van der Waals surface area contributed by atoms with Crippen LogP contribution >= 0.6 is 0 Å². The van der Waals surface area contributed by atoms with Gasteiger partial charge in [-0.15, -0.1) is 0 Å². The van der Waals surface area contributed by atoms with E-state index in [9.17, 15) is 5.11 Å². The molecule has 23 heavy (non-hydrogen) atoms. The van der Waals surface area contributed by atoms with Gasteiger partial charge >= 0.3 is 0 Å². The molecule has 5 nitrogen and oxygen atoms in total. The second-order valence-corrected chi connectivity index (χ2v) is 6.62. The summed E-state index contributed by atoms with van der Waals surface area (Å²) in [6.07, 6.45) is 0.726. The summed E-state index contributed by atoms with van der Waals surface area (Å²) in [7, 11) is 3.18. The quantitative estimate of drug-likeness (QED) is 0.835. The molecule has 0 aliphatic carbocycles. The van der Waals surface area contributed by atoms with E-state index >= 15 is 0 Å². The number of ether oxygens (including phenoxy) is 3. The summed E-state index contributed by atoms with van der Waals surface area (Å²) in [5, 5.41) is 10.3. The van der Waals surface area contributed by atoms with Crippen molar-refractivity contribution in [2.75, 3.05) is 40.5 Å². The van der Waals surface area contributed by atoms with Gasteiger partial charge < -0.3 is 24.2 Å². The van der Waals surface area contributed by atoms with Gasteiger partial charge in [-0.1, -0.05) is 19.9 Å². The lowest BCUT2D eigenvalue weighted by Crippen LogP contribution is -2.44. The van der Waals surface area contributed by atoms with Crippen LogP contribution in [-0.2, 0) is 0 Å². The molecule has 130 valence electrons. The van der Waals surface area contributed by atoms with Crippen molar-refractivity contribution in [1.29, 1.82) is 0 Å². The summed E-state index contributed by atoms with van der Waals surface area (Å²) in [5.74, 6) is 3.12. The fraction of sp³-hybridized carbons (Fsp3) is 0.667. The van der Waals surface area contributed by atoms with Crippen molar-refractivity contribution in [3.8, 4) is 17.2 Å². The van der Waals surface area contributed by atoms with Gasteiger partial charge in [0.25, 0.3) is 0 Å². The monoisotopic (exact) mass is 323 g/mol. The van der Waals surface area contributed by atoms with E-state index in [0.29, 0.717) is 35.6 Å². The maximum atomic E-state index is 10.3. The Labute approximate surface area is 139 Å². The number of aliphatic hydroxyl groups excluding tert-OH is 1. The Morgan fingerprint density at radius 1 is 1.13 bits per heavy atom. The number of hydrogen-bond acceptors (Lipinski definition) is 5. The number of rotatable bonds is 7. The first kappa shape index (κ1) is 17.9. The zero-order chi connectivity index (χ0) is 16.8. The van der Waals surface area contributed by atoms with Crippen LogP contribution in [0.5, 0.6) is 17.2 Å². The Balaban J connectivity index is 1.90. The average molecular weight is 323 g/mol. The van der Waals surface area contributed by atoms with Crippen molar-refractivity contribution in [3.05, 3.63) is 18.2 Å². The third-order valence-electron chi connectivity index (χ3n) is 4.22. The van der Waals surface area contributed by atoms with Gasteiger partial charge in [0.1, 0.15) is 12.7 Å². The predicted octanol–water partition coefficient (Wildman–Crippen LogP) is 2.42. The molecule has 0 amide bonds. The highest BCUT2D eigenvalue weighted by Gasteiger charge is 2.24. The Morgan fingerprint density at radius 3 is 2.22 bits per heavy atom. The van der Waals surface area contributed by atoms with Crippen LogP contribution in [0.25, 0.3) is 0 Å². The molecule has 1 aromatic rings. The molecular formula is C18H29NO4.